The number of methoxy groups -OCH3 is 1. The van der Waals surface area contributed by atoms with Gasteiger partial charge in [-0.1, -0.05) is 6.92 Å². The zero-order chi connectivity index (χ0) is 7.12. The molecule has 0 unspecified atom stereocenters. The minimum Gasteiger partial charge on any atom is -0.378 e. The second-order valence-electron chi connectivity index (χ2n) is 3.78. The van der Waals surface area contributed by atoms with Gasteiger partial charge in [0.25, 0.3) is 0 Å². The molecule has 1 nitrogen and oxygen atoms in total. The molecule has 0 bridgehead atoms. The summed E-state index contributed by atoms with van der Waals surface area (Å²) in [5.74, 6) is 0. The van der Waals surface area contributed by atoms with Crippen LogP contribution in [0, 0.1) is 5.41 Å². The first-order valence-corrected chi connectivity index (χ1v) is 3.57. The smallest absolute Gasteiger partial charge is 0.0676 e. The first-order valence-electron chi connectivity index (χ1n) is 3.57. The fourth-order valence-corrected chi connectivity index (χ4v) is 1.04. The molecule has 0 N–H and O–H groups in total. The van der Waals surface area contributed by atoms with Gasteiger partial charge in [-0.05, 0) is 32.1 Å². The zero-order valence-electron chi connectivity index (χ0n) is 6.82. The maximum atomic E-state index is 5.36. The van der Waals surface area contributed by atoms with Crippen molar-refractivity contribution in [2.75, 3.05) is 7.11 Å². The Morgan fingerprint density at radius 1 is 1.33 bits per heavy atom. The molecule has 1 aliphatic carbocycles. The topological polar surface area (TPSA) is 9.23 Å². The Bertz CT molecular complexity index is 112. The lowest BCUT2D eigenvalue weighted by atomic mass is 9.89. The van der Waals surface area contributed by atoms with Crippen molar-refractivity contribution in [1.29, 1.82) is 0 Å². The van der Waals surface area contributed by atoms with Crippen LogP contribution in [0.1, 0.15) is 33.6 Å². The molecule has 0 radical (unpaired) electrons. The van der Waals surface area contributed by atoms with E-state index in [4.69, 9.17) is 4.74 Å². The molecule has 1 rings (SSSR count). The minimum absolute atomic E-state index is 0.0903. The molecular weight excluding hydrogens is 112 g/mol. The van der Waals surface area contributed by atoms with Gasteiger partial charge < -0.3 is 4.74 Å². The van der Waals surface area contributed by atoms with Crippen LogP contribution in [0.4, 0.5) is 0 Å². The van der Waals surface area contributed by atoms with E-state index in [9.17, 15) is 0 Å². The average Bonchev–Trinajstić information content (AvgIpc) is 2.49. The third kappa shape index (κ3) is 0.983. The van der Waals surface area contributed by atoms with Gasteiger partial charge in [0, 0.05) is 7.11 Å². The average molecular weight is 128 g/mol. The quantitative estimate of drug-likeness (QED) is 0.554. The summed E-state index contributed by atoms with van der Waals surface area (Å²) in [6, 6.07) is 0. The summed E-state index contributed by atoms with van der Waals surface area (Å²) >= 11 is 0. The number of ether oxygens (including phenoxy) is 1. The van der Waals surface area contributed by atoms with Crippen LogP contribution in [0.5, 0.6) is 0 Å². The van der Waals surface area contributed by atoms with Gasteiger partial charge in [0.2, 0.25) is 0 Å². The number of rotatable bonds is 2. The van der Waals surface area contributed by atoms with Crippen molar-refractivity contribution >= 4 is 0 Å². The van der Waals surface area contributed by atoms with E-state index in [2.05, 4.69) is 20.8 Å². The highest BCUT2D eigenvalue weighted by Gasteiger charge is 2.50. The predicted molar refractivity (Wildman–Crippen MR) is 38.4 cm³/mol. The first kappa shape index (κ1) is 7.07. The van der Waals surface area contributed by atoms with E-state index in [-0.39, 0.29) is 5.60 Å². The lowest BCUT2D eigenvalue weighted by molar-refractivity contribution is -0.0335. The van der Waals surface area contributed by atoms with Crippen LogP contribution in [-0.2, 0) is 4.74 Å². The molecule has 0 aromatic heterocycles. The fourth-order valence-electron chi connectivity index (χ4n) is 1.04. The van der Waals surface area contributed by atoms with Crippen molar-refractivity contribution < 1.29 is 4.74 Å². The summed E-state index contributed by atoms with van der Waals surface area (Å²) in [6.07, 6.45) is 2.65. The van der Waals surface area contributed by atoms with Gasteiger partial charge in [-0.25, -0.2) is 0 Å². The van der Waals surface area contributed by atoms with E-state index < -0.39 is 0 Å². The predicted octanol–water partition coefficient (Wildman–Crippen LogP) is 2.21. The Labute approximate surface area is 57.4 Å². The second-order valence-corrected chi connectivity index (χ2v) is 3.78. The van der Waals surface area contributed by atoms with E-state index in [1.165, 1.54) is 12.8 Å². The highest BCUT2D eigenvalue weighted by molar-refractivity contribution is 5.01. The highest BCUT2D eigenvalue weighted by atomic mass is 16.5. The molecular formula is C8H16O. The summed E-state index contributed by atoms with van der Waals surface area (Å²) in [5.41, 5.74) is 0.564. The van der Waals surface area contributed by atoms with Crippen molar-refractivity contribution in [1.82, 2.24) is 0 Å². The van der Waals surface area contributed by atoms with Crippen LogP contribution in [0.15, 0.2) is 0 Å². The number of hydrogen-bond donors (Lipinski definition) is 0. The van der Waals surface area contributed by atoms with E-state index in [1.54, 1.807) is 7.11 Å². The minimum atomic E-state index is 0.0903. The molecule has 0 heterocycles. The van der Waals surface area contributed by atoms with Crippen LogP contribution in [0.25, 0.3) is 0 Å². The Hall–Kier alpha value is -0.0400. The Balaban J connectivity index is 2.58. The van der Waals surface area contributed by atoms with E-state index in [1.807, 2.05) is 0 Å². The molecule has 0 atom stereocenters. The molecule has 1 saturated carbocycles. The maximum absolute atomic E-state index is 5.36. The molecule has 54 valence electrons. The van der Waals surface area contributed by atoms with Gasteiger partial charge in [-0.15, -0.1) is 0 Å². The lowest BCUT2D eigenvalue weighted by Gasteiger charge is -2.30. The second kappa shape index (κ2) is 1.72. The zero-order valence-corrected chi connectivity index (χ0v) is 6.82. The van der Waals surface area contributed by atoms with E-state index in [0.717, 1.165) is 0 Å². The Morgan fingerprint density at radius 3 is 1.89 bits per heavy atom. The summed E-state index contributed by atoms with van der Waals surface area (Å²) < 4.78 is 5.36. The molecule has 9 heavy (non-hydrogen) atoms. The van der Waals surface area contributed by atoms with Crippen LogP contribution in [-0.4, -0.2) is 12.7 Å². The van der Waals surface area contributed by atoms with Gasteiger partial charge in [-0.3, -0.25) is 0 Å². The van der Waals surface area contributed by atoms with Crippen molar-refractivity contribution in [3.05, 3.63) is 0 Å². The monoisotopic (exact) mass is 128 g/mol. The first-order chi connectivity index (χ1) is 4.02. The van der Waals surface area contributed by atoms with Gasteiger partial charge in [0.1, 0.15) is 0 Å². The summed E-state index contributed by atoms with van der Waals surface area (Å²) in [5, 5.41) is 0. The lowest BCUT2D eigenvalue weighted by Crippen LogP contribution is -2.32. The molecule has 1 aliphatic rings. The van der Waals surface area contributed by atoms with Crippen LogP contribution < -0.4 is 0 Å². The van der Waals surface area contributed by atoms with Gasteiger partial charge in [-0.2, -0.15) is 0 Å². The molecule has 0 aromatic rings. The van der Waals surface area contributed by atoms with Crippen molar-refractivity contribution in [2.45, 2.75) is 39.2 Å². The van der Waals surface area contributed by atoms with Gasteiger partial charge >= 0.3 is 0 Å². The molecule has 0 amide bonds. The van der Waals surface area contributed by atoms with Crippen LogP contribution in [0.2, 0.25) is 0 Å². The van der Waals surface area contributed by atoms with E-state index in [0.29, 0.717) is 5.41 Å². The molecule has 0 aliphatic heterocycles. The maximum Gasteiger partial charge on any atom is 0.0676 e. The SMILES string of the molecule is COC(C)(C)C1(C)CC1. The standard InChI is InChI=1S/C8H16O/c1-7(2,9-4)8(3)5-6-8/h5-6H2,1-4H3. The van der Waals surface area contributed by atoms with Crippen LogP contribution >= 0.6 is 0 Å². The molecule has 1 fully saturated rings. The van der Waals surface area contributed by atoms with Crippen molar-refractivity contribution in [3.8, 4) is 0 Å². The third-order valence-electron chi connectivity index (χ3n) is 2.96. The molecule has 1 heteroatoms. The number of hydrogen-bond acceptors (Lipinski definition) is 1. The summed E-state index contributed by atoms with van der Waals surface area (Å²) in [6.45, 7) is 6.62. The summed E-state index contributed by atoms with van der Waals surface area (Å²) in [4.78, 5) is 0. The van der Waals surface area contributed by atoms with Crippen LogP contribution in [0.3, 0.4) is 0 Å². The Kier molecular flexibility index (Phi) is 1.35. The third-order valence-corrected chi connectivity index (χ3v) is 2.96. The highest BCUT2D eigenvalue weighted by Crippen LogP contribution is 2.54. The molecule has 0 spiro atoms. The summed E-state index contributed by atoms with van der Waals surface area (Å²) in [7, 11) is 1.80. The van der Waals surface area contributed by atoms with Gasteiger partial charge in [0.05, 0.1) is 5.60 Å². The van der Waals surface area contributed by atoms with Crippen molar-refractivity contribution in [2.24, 2.45) is 5.41 Å². The van der Waals surface area contributed by atoms with Crippen molar-refractivity contribution in [3.63, 3.8) is 0 Å². The fraction of sp³-hybridized carbons (Fsp3) is 1.00. The molecule has 0 saturated heterocycles. The Morgan fingerprint density at radius 2 is 1.78 bits per heavy atom. The normalized spacial score (nSPS) is 24.0. The van der Waals surface area contributed by atoms with E-state index >= 15 is 0 Å². The molecule has 0 aromatic carbocycles. The van der Waals surface area contributed by atoms with Gasteiger partial charge in [0.15, 0.2) is 0 Å². The largest absolute Gasteiger partial charge is 0.378 e.